The number of carbonyl (C=O) groups excluding carboxylic acids is 1. The van der Waals surface area contributed by atoms with Gasteiger partial charge in [0.2, 0.25) is 0 Å². The van der Waals surface area contributed by atoms with Gasteiger partial charge in [0.1, 0.15) is 5.60 Å². The highest BCUT2D eigenvalue weighted by molar-refractivity contribution is 5.69. The largest absolute Gasteiger partial charge is 0.444 e. The van der Waals surface area contributed by atoms with Crippen molar-refractivity contribution in [3.63, 3.8) is 0 Å². The zero-order valence-corrected chi connectivity index (χ0v) is 13.8. The van der Waals surface area contributed by atoms with E-state index in [1.807, 2.05) is 20.8 Å². The van der Waals surface area contributed by atoms with E-state index in [4.69, 9.17) is 4.74 Å². The molecule has 1 saturated heterocycles. The third kappa shape index (κ3) is 3.27. The lowest BCUT2D eigenvalue weighted by Crippen LogP contribution is -2.44. The molecule has 120 valence electrons. The summed E-state index contributed by atoms with van der Waals surface area (Å²) in [5.41, 5.74) is 2.12. The van der Waals surface area contributed by atoms with Crippen LogP contribution in [0.1, 0.15) is 50.8 Å². The summed E-state index contributed by atoms with van der Waals surface area (Å²) in [5.74, 6) is 0. The molecule has 0 saturated carbocycles. The van der Waals surface area contributed by atoms with Crippen molar-refractivity contribution in [3.8, 4) is 0 Å². The number of amides is 1. The minimum Gasteiger partial charge on any atom is -0.444 e. The van der Waals surface area contributed by atoms with Gasteiger partial charge in [0.25, 0.3) is 0 Å². The Morgan fingerprint density at radius 1 is 1.23 bits per heavy atom. The zero-order chi connectivity index (χ0) is 15.7. The van der Waals surface area contributed by atoms with Crippen LogP contribution in [0.25, 0.3) is 0 Å². The van der Waals surface area contributed by atoms with Crippen LogP contribution in [0.4, 0.5) is 4.79 Å². The molecule has 0 bridgehead atoms. The number of carbonyl (C=O) groups is 1. The molecule has 0 radical (unpaired) electrons. The Hall–Kier alpha value is -1.55. The molecule has 1 fully saturated rings. The highest BCUT2D eigenvalue weighted by Crippen LogP contribution is 2.36. The molecule has 1 aliphatic heterocycles. The Morgan fingerprint density at radius 3 is 2.59 bits per heavy atom. The molecule has 4 heteroatoms. The van der Waals surface area contributed by atoms with Gasteiger partial charge < -0.3 is 10.1 Å². The van der Waals surface area contributed by atoms with E-state index in [-0.39, 0.29) is 12.1 Å². The Balaban J connectivity index is 1.79. The SMILES string of the molecule is CC(C)(C)OC(=O)N[C@@H]1c2ccccc2C[C@H]1N1CCCC1. The summed E-state index contributed by atoms with van der Waals surface area (Å²) in [4.78, 5) is 14.7. The summed E-state index contributed by atoms with van der Waals surface area (Å²) >= 11 is 0. The van der Waals surface area contributed by atoms with Gasteiger partial charge in [0.15, 0.2) is 0 Å². The number of alkyl carbamates (subject to hydrolysis) is 1. The Kier molecular flexibility index (Phi) is 4.13. The summed E-state index contributed by atoms with van der Waals surface area (Å²) in [7, 11) is 0. The highest BCUT2D eigenvalue weighted by atomic mass is 16.6. The van der Waals surface area contributed by atoms with Crippen LogP contribution in [0.15, 0.2) is 24.3 Å². The van der Waals surface area contributed by atoms with Crippen LogP contribution < -0.4 is 5.32 Å². The smallest absolute Gasteiger partial charge is 0.408 e. The minimum absolute atomic E-state index is 0.0316. The molecule has 1 N–H and O–H groups in total. The van der Waals surface area contributed by atoms with Gasteiger partial charge in [0.05, 0.1) is 6.04 Å². The zero-order valence-electron chi connectivity index (χ0n) is 13.8. The minimum atomic E-state index is -0.467. The van der Waals surface area contributed by atoms with E-state index in [1.54, 1.807) is 0 Å². The van der Waals surface area contributed by atoms with Crippen LogP contribution in [0.5, 0.6) is 0 Å². The van der Waals surface area contributed by atoms with Gasteiger partial charge in [0, 0.05) is 6.04 Å². The first kappa shape index (κ1) is 15.3. The lowest BCUT2D eigenvalue weighted by molar-refractivity contribution is 0.0473. The number of ether oxygens (including phenoxy) is 1. The maximum atomic E-state index is 12.2. The number of fused-ring (bicyclic) bond motifs is 1. The molecule has 2 atom stereocenters. The van der Waals surface area contributed by atoms with Crippen LogP contribution >= 0.6 is 0 Å². The molecular weight excluding hydrogens is 276 g/mol. The standard InChI is InChI=1S/C18H26N2O2/c1-18(2,3)22-17(21)19-16-14-9-5-4-8-13(14)12-15(16)20-10-6-7-11-20/h4-5,8-9,15-16H,6-7,10-12H2,1-3H3,(H,19,21)/t15-,16-/m1/s1. The molecule has 1 heterocycles. The van der Waals surface area contributed by atoms with Gasteiger partial charge in [-0.1, -0.05) is 24.3 Å². The molecule has 2 aliphatic rings. The molecule has 4 nitrogen and oxygen atoms in total. The van der Waals surface area contributed by atoms with Gasteiger partial charge in [-0.15, -0.1) is 0 Å². The molecule has 0 aromatic heterocycles. The summed E-state index contributed by atoms with van der Waals surface area (Å²) < 4.78 is 5.46. The number of nitrogens with zero attached hydrogens (tertiary/aromatic N) is 1. The molecule has 1 amide bonds. The second-order valence-electron chi connectivity index (χ2n) is 7.34. The van der Waals surface area contributed by atoms with Crippen molar-refractivity contribution < 1.29 is 9.53 Å². The third-order valence-electron chi connectivity index (χ3n) is 4.49. The summed E-state index contributed by atoms with van der Waals surface area (Å²) in [5, 5.41) is 3.12. The quantitative estimate of drug-likeness (QED) is 0.911. The first-order valence-electron chi connectivity index (χ1n) is 8.25. The summed E-state index contributed by atoms with van der Waals surface area (Å²) in [6, 6.07) is 8.82. The first-order chi connectivity index (χ1) is 10.4. The normalized spacial score (nSPS) is 25.0. The van der Waals surface area contributed by atoms with Gasteiger partial charge in [-0.3, -0.25) is 4.90 Å². The fourth-order valence-electron chi connectivity index (χ4n) is 3.60. The molecule has 0 spiro atoms. The molecule has 1 aromatic rings. The molecular formula is C18H26N2O2. The molecule has 3 rings (SSSR count). The fraction of sp³-hybridized carbons (Fsp3) is 0.611. The summed E-state index contributed by atoms with van der Waals surface area (Å²) in [6.45, 7) is 7.95. The summed E-state index contributed by atoms with van der Waals surface area (Å²) in [6.07, 6.45) is 3.20. The Morgan fingerprint density at radius 2 is 1.91 bits per heavy atom. The van der Waals surface area contributed by atoms with E-state index in [9.17, 15) is 4.79 Å². The second-order valence-corrected chi connectivity index (χ2v) is 7.34. The fourth-order valence-corrected chi connectivity index (χ4v) is 3.60. The predicted molar refractivity (Wildman–Crippen MR) is 86.9 cm³/mol. The van der Waals surface area contributed by atoms with E-state index in [0.29, 0.717) is 6.04 Å². The van der Waals surface area contributed by atoms with Gasteiger partial charge >= 0.3 is 6.09 Å². The monoisotopic (exact) mass is 302 g/mol. The van der Waals surface area contributed by atoms with Crippen molar-refractivity contribution in [1.29, 1.82) is 0 Å². The average Bonchev–Trinajstić information content (AvgIpc) is 3.04. The van der Waals surface area contributed by atoms with Crippen molar-refractivity contribution in [2.24, 2.45) is 0 Å². The maximum absolute atomic E-state index is 12.2. The van der Waals surface area contributed by atoms with E-state index < -0.39 is 5.60 Å². The first-order valence-corrected chi connectivity index (χ1v) is 8.25. The Labute approximate surface area is 132 Å². The third-order valence-corrected chi connectivity index (χ3v) is 4.49. The Bertz CT molecular complexity index is 544. The van der Waals surface area contributed by atoms with E-state index in [1.165, 1.54) is 24.0 Å². The van der Waals surface area contributed by atoms with Crippen molar-refractivity contribution in [3.05, 3.63) is 35.4 Å². The number of rotatable bonds is 2. The molecule has 1 aromatic carbocycles. The van der Waals surface area contributed by atoms with Crippen molar-refractivity contribution >= 4 is 6.09 Å². The number of likely N-dealkylation sites (tertiary alicyclic amines) is 1. The molecule has 0 unspecified atom stereocenters. The lowest BCUT2D eigenvalue weighted by atomic mass is 10.1. The van der Waals surface area contributed by atoms with Gasteiger partial charge in [-0.05, 0) is 64.3 Å². The van der Waals surface area contributed by atoms with Crippen LogP contribution in [0, 0.1) is 0 Å². The van der Waals surface area contributed by atoms with E-state index in [2.05, 4.69) is 34.5 Å². The lowest BCUT2D eigenvalue weighted by Gasteiger charge is -2.31. The topological polar surface area (TPSA) is 41.6 Å². The van der Waals surface area contributed by atoms with E-state index in [0.717, 1.165) is 19.5 Å². The van der Waals surface area contributed by atoms with Crippen LogP contribution in [-0.4, -0.2) is 35.7 Å². The number of hydrogen-bond donors (Lipinski definition) is 1. The number of hydrogen-bond acceptors (Lipinski definition) is 3. The average molecular weight is 302 g/mol. The number of nitrogens with one attached hydrogen (secondary N) is 1. The van der Waals surface area contributed by atoms with Gasteiger partial charge in [-0.2, -0.15) is 0 Å². The number of benzene rings is 1. The highest BCUT2D eigenvalue weighted by Gasteiger charge is 2.38. The van der Waals surface area contributed by atoms with E-state index >= 15 is 0 Å². The maximum Gasteiger partial charge on any atom is 0.408 e. The van der Waals surface area contributed by atoms with Crippen molar-refractivity contribution in [2.75, 3.05) is 13.1 Å². The van der Waals surface area contributed by atoms with Gasteiger partial charge in [-0.25, -0.2) is 4.79 Å². The van der Waals surface area contributed by atoms with Crippen LogP contribution in [-0.2, 0) is 11.2 Å². The van der Waals surface area contributed by atoms with Crippen molar-refractivity contribution in [1.82, 2.24) is 10.2 Å². The van der Waals surface area contributed by atoms with Crippen LogP contribution in [0.3, 0.4) is 0 Å². The van der Waals surface area contributed by atoms with Crippen molar-refractivity contribution in [2.45, 2.75) is 57.7 Å². The second kappa shape index (κ2) is 5.92. The molecule has 22 heavy (non-hydrogen) atoms. The predicted octanol–water partition coefficient (Wildman–Crippen LogP) is 3.27. The van der Waals surface area contributed by atoms with Crippen LogP contribution in [0.2, 0.25) is 0 Å². The molecule has 1 aliphatic carbocycles.